The fourth-order valence-corrected chi connectivity index (χ4v) is 0.788. The van der Waals surface area contributed by atoms with Crippen LogP contribution in [0.1, 0.15) is 0 Å². The van der Waals surface area contributed by atoms with E-state index in [1.165, 1.54) is 6.08 Å². The average molecular weight is 245 g/mol. The molecule has 0 rings (SSSR count). The molecule has 0 amide bonds. The predicted molar refractivity (Wildman–Crippen MR) is 62.3 cm³/mol. The molecule has 0 saturated heterocycles. The highest BCUT2D eigenvalue weighted by Gasteiger charge is 2.09. The van der Waals surface area contributed by atoms with Crippen molar-refractivity contribution in [3.8, 4) is 24.7 Å². The van der Waals surface area contributed by atoms with Gasteiger partial charge in [-0.2, -0.15) is 0 Å². The molecule has 0 fully saturated rings. The maximum atomic E-state index is 11.2. The Kier molecular flexibility index (Phi) is 7.36. The molecule has 0 aromatic heterocycles. The van der Waals surface area contributed by atoms with Gasteiger partial charge in [0.25, 0.3) is 0 Å². The molecule has 5 heteroatoms. The van der Waals surface area contributed by atoms with Crippen molar-refractivity contribution in [1.82, 2.24) is 10.6 Å². The van der Waals surface area contributed by atoms with E-state index < -0.39 is 10.6 Å². The first kappa shape index (κ1) is 13.7. The van der Waals surface area contributed by atoms with Crippen LogP contribution in [0.5, 0.6) is 0 Å². The molecule has 0 aromatic carbocycles. The molecule has 0 atom stereocenters. The van der Waals surface area contributed by atoms with E-state index >= 15 is 0 Å². The van der Waals surface area contributed by atoms with Crippen molar-refractivity contribution in [1.29, 1.82) is 0 Å². The molecule has 15 heavy (non-hydrogen) atoms. The van der Waals surface area contributed by atoms with Gasteiger partial charge < -0.3 is 10.6 Å². The molecule has 0 aliphatic carbocycles. The topological polar surface area (TPSA) is 41.1 Å². The normalized spacial score (nSPS) is 8.60. The van der Waals surface area contributed by atoms with Crippen LogP contribution in [0.4, 0.5) is 0 Å². The second-order valence-electron chi connectivity index (χ2n) is 2.38. The average Bonchev–Trinajstić information content (AvgIpc) is 2.21. The Labute approximate surface area is 99.2 Å². The van der Waals surface area contributed by atoms with E-state index in [0.717, 1.165) is 0 Å². The molecule has 0 saturated carbocycles. The molecular formula is C10H10Cl2N2O. The van der Waals surface area contributed by atoms with Gasteiger partial charge in [0.05, 0.1) is 13.1 Å². The SMILES string of the molecule is C#CCNC(=CC(=O)C(Cl)Cl)NCC#C. The molecule has 80 valence electrons. The van der Waals surface area contributed by atoms with E-state index in [0.29, 0.717) is 5.82 Å². The first-order chi connectivity index (χ1) is 7.11. The summed E-state index contributed by atoms with van der Waals surface area (Å²) < 4.78 is 0. The maximum Gasteiger partial charge on any atom is 0.192 e. The Balaban J connectivity index is 4.41. The van der Waals surface area contributed by atoms with Gasteiger partial charge >= 0.3 is 0 Å². The van der Waals surface area contributed by atoms with E-state index in [4.69, 9.17) is 36.0 Å². The summed E-state index contributed by atoms with van der Waals surface area (Å²) in [5.74, 6) is 4.67. The van der Waals surface area contributed by atoms with Crippen LogP contribution < -0.4 is 10.6 Å². The van der Waals surface area contributed by atoms with Crippen molar-refractivity contribution in [2.24, 2.45) is 0 Å². The van der Waals surface area contributed by atoms with E-state index in [9.17, 15) is 4.79 Å². The number of carbonyl (C=O) groups is 1. The smallest absolute Gasteiger partial charge is 0.192 e. The monoisotopic (exact) mass is 244 g/mol. The zero-order valence-electron chi connectivity index (χ0n) is 7.89. The zero-order chi connectivity index (χ0) is 11.7. The highest BCUT2D eigenvalue weighted by atomic mass is 35.5. The van der Waals surface area contributed by atoms with Crippen LogP contribution in [-0.4, -0.2) is 23.7 Å². The molecule has 0 heterocycles. The quantitative estimate of drug-likeness (QED) is 0.410. The van der Waals surface area contributed by atoms with Gasteiger partial charge in [-0.05, 0) is 0 Å². The number of nitrogens with one attached hydrogen (secondary N) is 2. The summed E-state index contributed by atoms with van der Waals surface area (Å²) in [5.41, 5.74) is 0. The van der Waals surface area contributed by atoms with Crippen LogP contribution in [0.15, 0.2) is 11.9 Å². The van der Waals surface area contributed by atoms with Crippen molar-refractivity contribution in [3.63, 3.8) is 0 Å². The predicted octanol–water partition coefficient (Wildman–Crippen LogP) is 0.646. The summed E-state index contributed by atoms with van der Waals surface area (Å²) in [5, 5.41) is 5.54. The molecule has 0 aliphatic heterocycles. The van der Waals surface area contributed by atoms with Gasteiger partial charge in [0, 0.05) is 6.08 Å². The third-order valence-electron chi connectivity index (χ3n) is 1.26. The van der Waals surface area contributed by atoms with E-state index in [1.807, 2.05) is 0 Å². The van der Waals surface area contributed by atoms with Crippen LogP contribution in [0.2, 0.25) is 0 Å². The van der Waals surface area contributed by atoms with E-state index in [1.54, 1.807) is 0 Å². The lowest BCUT2D eigenvalue weighted by Crippen LogP contribution is -2.28. The third-order valence-corrected chi connectivity index (χ3v) is 1.69. The summed E-state index contributed by atoms with van der Waals surface area (Å²) in [7, 11) is 0. The first-order valence-electron chi connectivity index (χ1n) is 4.00. The van der Waals surface area contributed by atoms with Gasteiger partial charge in [0.2, 0.25) is 0 Å². The van der Waals surface area contributed by atoms with Crippen molar-refractivity contribution in [2.45, 2.75) is 4.84 Å². The first-order valence-corrected chi connectivity index (χ1v) is 4.87. The second kappa shape index (κ2) is 8.05. The van der Waals surface area contributed by atoms with Crippen LogP contribution in [0.3, 0.4) is 0 Å². The minimum absolute atomic E-state index is 0.270. The fraction of sp³-hybridized carbons (Fsp3) is 0.300. The number of allylic oxidation sites excluding steroid dienone is 1. The lowest BCUT2D eigenvalue weighted by Gasteiger charge is -2.09. The van der Waals surface area contributed by atoms with Gasteiger partial charge in [0.15, 0.2) is 10.6 Å². The Hall–Kier alpha value is -1.29. The van der Waals surface area contributed by atoms with Crippen LogP contribution in [0.25, 0.3) is 0 Å². The molecule has 0 aromatic rings. The Morgan fingerprint density at radius 1 is 1.27 bits per heavy atom. The van der Waals surface area contributed by atoms with Crippen molar-refractivity contribution >= 4 is 29.0 Å². The van der Waals surface area contributed by atoms with Gasteiger partial charge in [-0.3, -0.25) is 4.79 Å². The second-order valence-corrected chi connectivity index (χ2v) is 3.47. The van der Waals surface area contributed by atoms with Crippen molar-refractivity contribution < 1.29 is 4.79 Å². The molecule has 3 nitrogen and oxygen atoms in total. The van der Waals surface area contributed by atoms with E-state index in [2.05, 4.69) is 22.5 Å². The number of hydrogen-bond donors (Lipinski definition) is 2. The summed E-state index contributed by atoms with van der Waals surface area (Å²) in [4.78, 5) is 10.1. The largest absolute Gasteiger partial charge is 0.361 e. The zero-order valence-corrected chi connectivity index (χ0v) is 9.40. The summed E-state index contributed by atoms with van der Waals surface area (Å²) in [6.07, 6.45) is 11.3. The molecule has 0 radical (unpaired) electrons. The van der Waals surface area contributed by atoms with Crippen molar-refractivity contribution in [3.05, 3.63) is 11.9 Å². The lowest BCUT2D eigenvalue weighted by atomic mass is 10.4. The molecule has 0 aliphatic rings. The minimum Gasteiger partial charge on any atom is -0.361 e. The Morgan fingerprint density at radius 3 is 2.07 bits per heavy atom. The number of rotatable bonds is 6. The standard InChI is InChI=1S/C10H10Cl2N2O/c1-3-5-13-9(14-6-4-2)7-8(15)10(11)12/h1-2,7,10,13-14H,5-6H2. The van der Waals surface area contributed by atoms with Crippen LogP contribution in [0, 0.1) is 24.7 Å². The van der Waals surface area contributed by atoms with E-state index in [-0.39, 0.29) is 13.1 Å². The minimum atomic E-state index is -1.10. The number of ketones is 1. The summed E-state index contributed by atoms with van der Waals surface area (Å²) in [6, 6.07) is 0. The Bertz CT molecular complexity index is 303. The molecular weight excluding hydrogens is 235 g/mol. The van der Waals surface area contributed by atoms with Crippen LogP contribution >= 0.6 is 23.2 Å². The molecule has 0 spiro atoms. The summed E-state index contributed by atoms with van der Waals surface area (Å²) in [6.45, 7) is 0.540. The molecule has 2 N–H and O–H groups in total. The highest BCUT2D eigenvalue weighted by molar-refractivity contribution is 6.54. The van der Waals surface area contributed by atoms with Gasteiger partial charge in [-0.25, -0.2) is 0 Å². The number of terminal acetylenes is 2. The van der Waals surface area contributed by atoms with Crippen molar-refractivity contribution in [2.75, 3.05) is 13.1 Å². The molecule has 0 unspecified atom stereocenters. The number of halogens is 2. The third kappa shape index (κ3) is 6.74. The number of alkyl halides is 2. The Morgan fingerprint density at radius 2 is 1.73 bits per heavy atom. The number of hydrogen-bond acceptors (Lipinski definition) is 3. The fourth-order valence-electron chi connectivity index (χ4n) is 0.662. The van der Waals surface area contributed by atoms with Gasteiger partial charge in [0.1, 0.15) is 5.82 Å². The number of carbonyl (C=O) groups excluding carboxylic acids is 1. The van der Waals surface area contributed by atoms with Gasteiger partial charge in [-0.1, -0.05) is 35.0 Å². The molecule has 0 bridgehead atoms. The lowest BCUT2D eigenvalue weighted by molar-refractivity contribution is -0.113. The van der Waals surface area contributed by atoms with Gasteiger partial charge in [-0.15, -0.1) is 12.8 Å². The van der Waals surface area contributed by atoms with Crippen LogP contribution in [-0.2, 0) is 4.79 Å². The summed E-state index contributed by atoms with van der Waals surface area (Å²) >= 11 is 10.8. The maximum absolute atomic E-state index is 11.2. The highest BCUT2D eigenvalue weighted by Crippen LogP contribution is 2.04.